The summed E-state index contributed by atoms with van der Waals surface area (Å²) >= 11 is 0. The number of hydrogen-bond donors (Lipinski definition) is 1. The minimum absolute atomic E-state index is 0.0325. The number of hydrogen-bond acceptors (Lipinski definition) is 7. The molecule has 0 saturated heterocycles. The summed E-state index contributed by atoms with van der Waals surface area (Å²) < 4.78 is 34.7. The topological polar surface area (TPSA) is 108 Å². The van der Waals surface area contributed by atoms with E-state index < -0.39 is 26.5 Å². The maximum absolute atomic E-state index is 12.8. The Morgan fingerprint density at radius 2 is 0.667 bits per heavy atom. The monoisotopic (exact) mass is 1170 g/mol. The average molecular weight is 1170 g/mol. The summed E-state index contributed by atoms with van der Waals surface area (Å²) in [5.74, 6) is -0.788. The molecule has 0 rings (SSSR count). The molecule has 0 bridgehead atoms. The first-order valence-electron chi connectivity index (χ1n) is 35.6. The minimum atomic E-state index is -4.39. The third kappa shape index (κ3) is 67.5. The largest absolute Gasteiger partial charge is 0.472 e. The van der Waals surface area contributed by atoms with Gasteiger partial charge in [-0.3, -0.25) is 18.6 Å². The predicted molar refractivity (Wildman–Crippen MR) is 349 cm³/mol. The Balaban J connectivity index is 3.86. The molecule has 0 aromatic rings. The third-order valence-electron chi connectivity index (χ3n) is 16.2. The third-order valence-corrected chi connectivity index (χ3v) is 17.2. The number of carbonyl (C=O) groups excluding carboxylic acids is 2. The zero-order valence-corrected chi connectivity index (χ0v) is 55.7. The molecule has 0 aromatic heterocycles. The highest BCUT2D eigenvalue weighted by molar-refractivity contribution is 7.47. The van der Waals surface area contributed by atoms with Gasteiger partial charge in [0.25, 0.3) is 0 Å². The van der Waals surface area contributed by atoms with Crippen molar-refractivity contribution in [2.45, 2.75) is 373 Å². The van der Waals surface area contributed by atoms with E-state index in [9.17, 15) is 19.0 Å². The maximum Gasteiger partial charge on any atom is 0.472 e. The van der Waals surface area contributed by atoms with Gasteiger partial charge in [0.2, 0.25) is 0 Å². The summed E-state index contributed by atoms with van der Waals surface area (Å²) in [6.07, 6.45) is 78.9. The molecule has 2 unspecified atom stereocenters. The van der Waals surface area contributed by atoms with E-state index in [1.165, 1.54) is 283 Å². The fraction of sp³-hybridized carbons (Fsp3) is 0.915. The molecule has 0 fully saturated rings. The van der Waals surface area contributed by atoms with Gasteiger partial charge < -0.3 is 18.9 Å². The summed E-state index contributed by atoms with van der Waals surface area (Å²) in [5.41, 5.74) is 0. The molecule has 0 aromatic carbocycles. The minimum Gasteiger partial charge on any atom is -0.462 e. The van der Waals surface area contributed by atoms with E-state index in [-0.39, 0.29) is 25.6 Å². The van der Waals surface area contributed by atoms with Gasteiger partial charge in [-0.05, 0) is 44.9 Å². The van der Waals surface area contributed by atoms with Gasteiger partial charge in [0.1, 0.15) is 19.8 Å². The fourth-order valence-corrected chi connectivity index (χ4v) is 11.5. The van der Waals surface area contributed by atoms with Gasteiger partial charge in [-0.1, -0.05) is 334 Å². The first-order chi connectivity index (χ1) is 39.5. The van der Waals surface area contributed by atoms with Gasteiger partial charge >= 0.3 is 19.8 Å². The van der Waals surface area contributed by atoms with Gasteiger partial charge in [0.05, 0.1) is 27.7 Å². The van der Waals surface area contributed by atoms with E-state index in [2.05, 4.69) is 38.2 Å². The van der Waals surface area contributed by atoms with Crippen molar-refractivity contribution in [3.05, 3.63) is 24.3 Å². The van der Waals surface area contributed by atoms with Gasteiger partial charge in [-0.25, -0.2) is 4.57 Å². The van der Waals surface area contributed by atoms with Crippen molar-refractivity contribution in [2.24, 2.45) is 0 Å². The van der Waals surface area contributed by atoms with Crippen molar-refractivity contribution in [2.75, 3.05) is 47.5 Å². The molecule has 0 heterocycles. The summed E-state index contributed by atoms with van der Waals surface area (Å²) in [5, 5.41) is 0. The van der Waals surface area contributed by atoms with Crippen molar-refractivity contribution < 1.29 is 42.1 Å². The van der Waals surface area contributed by atoms with E-state index in [0.717, 1.165) is 51.4 Å². The summed E-state index contributed by atoms with van der Waals surface area (Å²) in [4.78, 5) is 35.8. The number of rotatable bonds is 67. The van der Waals surface area contributed by atoms with E-state index in [1.807, 2.05) is 21.1 Å². The fourth-order valence-electron chi connectivity index (χ4n) is 10.8. The Bertz CT molecular complexity index is 1420. The van der Waals surface area contributed by atoms with Crippen LogP contribution in [0.5, 0.6) is 0 Å². The first kappa shape index (κ1) is 79.5. The summed E-state index contributed by atoms with van der Waals surface area (Å²) in [6.45, 7) is 4.47. The highest BCUT2D eigenvalue weighted by Gasteiger charge is 2.27. The number of nitrogens with zero attached hydrogens (tertiary/aromatic N) is 1. The van der Waals surface area contributed by atoms with Crippen LogP contribution in [0.4, 0.5) is 0 Å². The van der Waals surface area contributed by atoms with Crippen molar-refractivity contribution in [3.63, 3.8) is 0 Å². The Morgan fingerprint density at radius 3 is 0.988 bits per heavy atom. The van der Waals surface area contributed by atoms with Crippen LogP contribution in [0.1, 0.15) is 367 Å². The van der Waals surface area contributed by atoms with E-state index in [0.29, 0.717) is 23.9 Å². The van der Waals surface area contributed by atoms with Crippen LogP contribution in [0.25, 0.3) is 0 Å². The second-order valence-corrected chi connectivity index (χ2v) is 27.1. The number of unbranched alkanes of at least 4 members (excludes halogenated alkanes) is 49. The predicted octanol–water partition coefficient (Wildman–Crippen LogP) is 22.9. The molecule has 0 aliphatic heterocycles. The molecular weight excluding hydrogens is 1030 g/mol. The summed E-state index contributed by atoms with van der Waals surface area (Å²) in [7, 11) is 1.49. The van der Waals surface area contributed by atoms with Gasteiger partial charge in [0.15, 0.2) is 6.10 Å². The highest BCUT2D eigenvalue weighted by atomic mass is 31.2. The standard InChI is InChI=1S/C71H138NO8P/c1-6-8-10-12-14-16-18-20-22-24-26-27-28-29-30-31-32-33-34-35-36-37-38-39-40-41-42-43-44-45-46-48-49-51-53-55-57-59-61-63-70(73)77-67-69(68-79-81(75,76)78-66-65-72(3,4)5)80-71(74)64-62-60-58-56-54-52-50-47-25-23-21-19-17-15-13-11-9-7-2/h17,19,23,25,69H,6-16,18,20-22,24,26-68H2,1-5H3/p+1/b19-17-,25-23-. The Morgan fingerprint density at radius 1 is 0.383 bits per heavy atom. The number of carbonyl (C=O) groups is 2. The van der Waals surface area contributed by atoms with Crippen LogP contribution < -0.4 is 0 Å². The SMILES string of the molecule is CCCCCC/C=C\C/C=C\CCCCCCCCCC(=O)OC(COC(=O)CCCCCCCCCCCCCCCCCCCCCCCCCCCCCCCCCCCCCCCCC)COP(=O)(O)OCC[N+](C)(C)C. The van der Waals surface area contributed by atoms with Crippen LogP contribution >= 0.6 is 7.82 Å². The lowest BCUT2D eigenvalue weighted by atomic mass is 10.0. The number of phosphoric ester groups is 1. The number of allylic oxidation sites excluding steroid dienone is 4. The van der Waals surface area contributed by atoms with Crippen LogP contribution in [0.3, 0.4) is 0 Å². The van der Waals surface area contributed by atoms with Crippen LogP contribution in [0, 0.1) is 0 Å². The molecule has 9 nitrogen and oxygen atoms in total. The highest BCUT2D eigenvalue weighted by Crippen LogP contribution is 2.43. The normalized spacial score (nSPS) is 13.2. The Hall–Kier alpha value is -1.51. The van der Waals surface area contributed by atoms with Crippen LogP contribution in [-0.2, 0) is 32.7 Å². The molecule has 1 N–H and O–H groups in total. The second kappa shape index (κ2) is 63.0. The van der Waals surface area contributed by atoms with Crippen molar-refractivity contribution in [1.29, 1.82) is 0 Å². The van der Waals surface area contributed by atoms with E-state index >= 15 is 0 Å². The Kier molecular flexibility index (Phi) is 61.8. The molecule has 480 valence electrons. The van der Waals surface area contributed by atoms with Crippen LogP contribution in [0.2, 0.25) is 0 Å². The number of quaternary nitrogens is 1. The zero-order valence-electron chi connectivity index (χ0n) is 54.8. The molecule has 2 atom stereocenters. The summed E-state index contributed by atoms with van der Waals surface area (Å²) in [6, 6.07) is 0. The molecule has 0 spiro atoms. The van der Waals surface area contributed by atoms with E-state index in [1.54, 1.807) is 0 Å². The molecule has 0 amide bonds. The zero-order chi connectivity index (χ0) is 59.1. The molecule has 10 heteroatoms. The second-order valence-electron chi connectivity index (χ2n) is 25.6. The number of ether oxygens (including phenoxy) is 2. The van der Waals surface area contributed by atoms with Crippen molar-refractivity contribution in [3.8, 4) is 0 Å². The number of likely N-dealkylation sites (N-methyl/N-ethyl adjacent to an activating group) is 1. The quantitative estimate of drug-likeness (QED) is 0.0211. The van der Waals surface area contributed by atoms with Crippen molar-refractivity contribution in [1.82, 2.24) is 0 Å². The average Bonchev–Trinajstić information content (AvgIpc) is 3.43. The molecular formula is C71H139NO8P+. The molecule has 0 aliphatic carbocycles. The Labute approximate surface area is 504 Å². The van der Waals surface area contributed by atoms with Crippen LogP contribution in [0.15, 0.2) is 24.3 Å². The van der Waals surface area contributed by atoms with Gasteiger partial charge in [-0.2, -0.15) is 0 Å². The van der Waals surface area contributed by atoms with Gasteiger partial charge in [-0.15, -0.1) is 0 Å². The van der Waals surface area contributed by atoms with Crippen molar-refractivity contribution >= 4 is 19.8 Å². The van der Waals surface area contributed by atoms with E-state index in [4.69, 9.17) is 18.5 Å². The first-order valence-corrected chi connectivity index (χ1v) is 37.1. The molecule has 0 aliphatic rings. The van der Waals surface area contributed by atoms with Crippen LogP contribution in [-0.4, -0.2) is 74.9 Å². The lowest BCUT2D eigenvalue weighted by Crippen LogP contribution is -2.37. The number of esters is 2. The van der Waals surface area contributed by atoms with Gasteiger partial charge in [0, 0.05) is 12.8 Å². The lowest BCUT2D eigenvalue weighted by molar-refractivity contribution is -0.870. The molecule has 81 heavy (non-hydrogen) atoms. The number of phosphoric acid groups is 1. The molecule has 0 radical (unpaired) electrons. The smallest absolute Gasteiger partial charge is 0.462 e. The lowest BCUT2D eigenvalue weighted by Gasteiger charge is -2.24. The maximum atomic E-state index is 12.8. The molecule has 0 saturated carbocycles.